The lowest BCUT2D eigenvalue weighted by atomic mass is 10.1. The quantitative estimate of drug-likeness (QED) is 0.435. The van der Waals surface area contributed by atoms with Gasteiger partial charge in [0, 0.05) is 32.5 Å². The summed E-state index contributed by atoms with van der Waals surface area (Å²) in [5.41, 5.74) is 0.502. The van der Waals surface area contributed by atoms with Crippen LogP contribution in [0.3, 0.4) is 0 Å². The van der Waals surface area contributed by atoms with Gasteiger partial charge in [-0.2, -0.15) is 4.31 Å². The van der Waals surface area contributed by atoms with Crippen molar-refractivity contribution in [2.75, 3.05) is 51.4 Å². The molecule has 1 aromatic carbocycles. The van der Waals surface area contributed by atoms with Crippen molar-refractivity contribution in [1.29, 1.82) is 0 Å². The predicted octanol–water partition coefficient (Wildman–Crippen LogP) is 1.07. The van der Waals surface area contributed by atoms with Crippen LogP contribution in [0.2, 0.25) is 0 Å². The zero-order valence-corrected chi connectivity index (χ0v) is 20.7. The molecule has 3 N–H and O–H groups in total. The first-order chi connectivity index (χ1) is 16.9. The largest absolute Gasteiger partial charge is 0.393 e. The van der Waals surface area contributed by atoms with E-state index in [9.17, 15) is 18.3 Å². The standard InChI is InChI=1S/C22H29N3O8S2/c26-14-18(27)19-13-23-22(34-19)24-21(28)20(33-16-5-9-31-10-6-16)15-1-3-17(4-2-15)35(29,30)25-7-11-32-12-8-25/h1-4,13,16,18,20,26-27H,5-12,14H2,(H,23,24,28). The van der Waals surface area contributed by atoms with Crippen LogP contribution < -0.4 is 5.32 Å². The summed E-state index contributed by atoms with van der Waals surface area (Å²) in [6.45, 7) is 1.91. The van der Waals surface area contributed by atoms with Crippen LogP contribution in [0.5, 0.6) is 0 Å². The number of ether oxygens (including phenoxy) is 3. The molecule has 0 bridgehead atoms. The maximum absolute atomic E-state index is 13.2. The molecule has 0 aliphatic carbocycles. The number of thiazole rings is 1. The molecule has 3 heterocycles. The normalized spacial score (nSPS) is 19.8. The molecule has 2 atom stereocenters. The van der Waals surface area contributed by atoms with E-state index in [0.29, 0.717) is 62.8 Å². The van der Waals surface area contributed by atoms with E-state index in [1.54, 1.807) is 12.1 Å². The molecule has 0 saturated carbocycles. The molecule has 2 aliphatic heterocycles. The molecule has 11 nitrogen and oxygen atoms in total. The van der Waals surface area contributed by atoms with Crippen LogP contribution in [-0.2, 0) is 29.0 Å². The van der Waals surface area contributed by atoms with Gasteiger partial charge in [-0.1, -0.05) is 23.5 Å². The number of nitrogens with zero attached hydrogens (tertiary/aromatic N) is 2. The van der Waals surface area contributed by atoms with Gasteiger partial charge in [0.05, 0.1) is 35.7 Å². The molecule has 0 radical (unpaired) electrons. The highest BCUT2D eigenvalue weighted by molar-refractivity contribution is 7.89. The monoisotopic (exact) mass is 527 g/mol. The smallest absolute Gasteiger partial charge is 0.259 e. The molecule has 0 spiro atoms. The van der Waals surface area contributed by atoms with Crippen LogP contribution in [-0.4, -0.2) is 86.1 Å². The number of anilines is 1. The maximum atomic E-state index is 13.2. The van der Waals surface area contributed by atoms with E-state index in [1.807, 2.05) is 0 Å². The minimum atomic E-state index is -3.67. The fraction of sp³-hybridized carbons (Fsp3) is 0.545. The number of morpholine rings is 1. The second-order valence-corrected chi connectivity index (χ2v) is 11.2. The summed E-state index contributed by atoms with van der Waals surface area (Å²) >= 11 is 1.05. The molecular weight excluding hydrogens is 498 g/mol. The van der Waals surface area contributed by atoms with E-state index >= 15 is 0 Å². The SMILES string of the molecule is O=C(Nc1ncc(C(O)CO)s1)C(OC1CCOCC1)c1ccc(S(=O)(=O)N2CCOCC2)cc1. The number of amides is 1. The number of aliphatic hydroxyl groups excluding tert-OH is 2. The Bertz CT molecular complexity index is 1080. The first-order valence-electron chi connectivity index (χ1n) is 11.3. The first kappa shape index (κ1) is 26.1. The van der Waals surface area contributed by atoms with Crippen molar-refractivity contribution in [2.24, 2.45) is 0 Å². The number of aliphatic hydroxyl groups is 2. The van der Waals surface area contributed by atoms with Gasteiger partial charge in [-0.05, 0) is 30.5 Å². The Morgan fingerprint density at radius 1 is 1.17 bits per heavy atom. The van der Waals surface area contributed by atoms with Crippen molar-refractivity contribution < 1.29 is 37.6 Å². The third kappa shape index (κ3) is 6.43. The van der Waals surface area contributed by atoms with Crippen LogP contribution in [0, 0.1) is 0 Å². The number of hydrogen-bond donors (Lipinski definition) is 3. The summed E-state index contributed by atoms with van der Waals surface area (Å²) in [4.78, 5) is 17.9. The van der Waals surface area contributed by atoms with Crippen molar-refractivity contribution >= 4 is 32.4 Å². The Balaban J connectivity index is 1.53. The number of benzene rings is 1. The first-order valence-corrected chi connectivity index (χ1v) is 13.6. The summed E-state index contributed by atoms with van der Waals surface area (Å²) in [5.74, 6) is -0.473. The average molecular weight is 528 g/mol. The maximum Gasteiger partial charge on any atom is 0.259 e. The zero-order valence-electron chi connectivity index (χ0n) is 19.0. The molecule has 2 unspecified atom stereocenters. The van der Waals surface area contributed by atoms with Crippen LogP contribution in [0.4, 0.5) is 5.13 Å². The summed E-state index contributed by atoms with van der Waals surface area (Å²) in [6, 6.07) is 6.12. The molecular formula is C22H29N3O8S2. The topological polar surface area (TPSA) is 148 Å². The highest BCUT2D eigenvalue weighted by atomic mass is 32.2. The lowest BCUT2D eigenvalue weighted by molar-refractivity contribution is -0.136. The molecule has 4 rings (SSSR count). The Labute approximate surface area is 207 Å². The molecule has 35 heavy (non-hydrogen) atoms. The van der Waals surface area contributed by atoms with Gasteiger partial charge >= 0.3 is 0 Å². The molecule has 2 aliphatic rings. The molecule has 2 saturated heterocycles. The Morgan fingerprint density at radius 2 is 1.83 bits per heavy atom. The van der Waals surface area contributed by atoms with Crippen molar-refractivity contribution in [3.8, 4) is 0 Å². The lowest BCUT2D eigenvalue weighted by Gasteiger charge is -2.28. The van der Waals surface area contributed by atoms with Crippen LogP contribution in [0.15, 0.2) is 35.4 Å². The van der Waals surface area contributed by atoms with Crippen molar-refractivity contribution in [3.63, 3.8) is 0 Å². The Morgan fingerprint density at radius 3 is 2.49 bits per heavy atom. The van der Waals surface area contributed by atoms with Crippen molar-refractivity contribution in [1.82, 2.24) is 9.29 Å². The van der Waals surface area contributed by atoms with Crippen molar-refractivity contribution in [2.45, 2.75) is 36.0 Å². The fourth-order valence-corrected chi connectivity index (χ4v) is 6.01. The van der Waals surface area contributed by atoms with Gasteiger partial charge in [0.15, 0.2) is 11.2 Å². The van der Waals surface area contributed by atoms with Gasteiger partial charge in [-0.3, -0.25) is 10.1 Å². The molecule has 1 amide bonds. The highest BCUT2D eigenvalue weighted by Gasteiger charge is 2.30. The fourth-order valence-electron chi connectivity index (χ4n) is 3.81. The average Bonchev–Trinajstić information content (AvgIpc) is 3.36. The number of aromatic nitrogens is 1. The highest BCUT2D eigenvalue weighted by Crippen LogP contribution is 2.29. The summed E-state index contributed by atoms with van der Waals surface area (Å²) in [6.07, 6.45) is 0.385. The predicted molar refractivity (Wildman–Crippen MR) is 126 cm³/mol. The number of hydrogen-bond acceptors (Lipinski definition) is 10. The Hall–Kier alpha value is -1.97. The van der Waals surface area contributed by atoms with E-state index < -0.39 is 34.7 Å². The summed E-state index contributed by atoms with van der Waals surface area (Å²) < 4.78 is 44.0. The number of carbonyl (C=O) groups is 1. The Kier molecular flexibility index (Phi) is 8.83. The second-order valence-electron chi connectivity index (χ2n) is 8.17. The number of carbonyl (C=O) groups excluding carboxylic acids is 1. The third-order valence-corrected chi connectivity index (χ3v) is 8.71. The molecule has 1 aromatic heterocycles. The van der Waals surface area contributed by atoms with Gasteiger partial charge in [0.1, 0.15) is 6.10 Å². The molecule has 2 fully saturated rings. The van der Waals surface area contributed by atoms with E-state index in [-0.39, 0.29) is 16.1 Å². The molecule has 2 aromatic rings. The van der Waals surface area contributed by atoms with E-state index in [2.05, 4.69) is 10.3 Å². The van der Waals surface area contributed by atoms with E-state index in [0.717, 1.165) is 11.3 Å². The zero-order chi connectivity index (χ0) is 24.8. The summed E-state index contributed by atoms with van der Waals surface area (Å²) in [7, 11) is -3.67. The number of nitrogens with one attached hydrogen (secondary N) is 1. The van der Waals surface area contributed by atoms with Gasteiger partial charge in [0.2, 0.25) is 10.0 Å². The van der Waals surface area contributed by atoms with Crippen LogP contribution in [0.1, 0.15) is 35.5 Å². The second kappa shape index (κ2) is 11.8. The molecule has 13 heteroatoms. The number of rotatable bonds is 9. The minimum Gasteiger partial charge on any atom is -0.393 e. The lowest BCUT2D eigenvalue weighted by Crippen LogP contribution is -2.40. The van der Waals surface area contributed by atoms with Gasteiger partial charge < -0.3 is 24.4 Å². The number of sulfonamides is 1. The third-order valence-electron chi connectivity index (χ3n) is 5.78. The minimum absolute atomic E-state index is 0.135. The van der Waals surface area contributed by atoms with Gasteiger partial charge in [0.25, 0.3) is 5.91 Å². The van der Waals surface area contributed by atoms with Gasteiger partial charge in [-0.15, -0.1) is 0 Å². The van der Waals surface area contributed by atoms with Crippen LogP contribution in [0.25, 0.3) is 0 Å². The van der Waals surface area contributed by atoms with E-state index in [1.165, 1.54) is 22.6 Å². The van der Waals surface area contributed by atoms with E-state index in [4.69, 9.17) is 19.3 Å². The van der Waals surface area contributed by atoms with Gasteiger partial charge in [-0.25, -0.2) is 13.4 Å². The van der Waals surface area contributed by atoms with Crippen molar-refractivity contribution in [3.05, 3.63) is 40.9 Å². The van der Waals surface area contributed by atoms with Crippen LogP contribution >= 0.6 is 11.3 Å². The summed E-state index contributed by atoms with van der Waals surface area (Å²) in [5, 5.41) is 21.9. The molecule has 192 valence electrons.